The SMILES string of the molecule is O=C(O)CNC(=O)CNC(=O)CNC(=O)[C@H](CO)NC(=O)OCc1ccccc1. The average molecular weight is 410 g/mol. The molecule has 0 aliphatic heterocycles. The Bertz CT molecular complexity index is 725. The summed E-state index contributed by atoms with van der Waals surface area (Å²) >= 11 is 0. The van der Waals surface area contributed by atoms with Gasteiger partial charge in [0.2, 0.25) is 17.7 Å². The zero-order valence-corrected chi connectivity index (χ0v) is 15.3. The van der Waals surface area contributed by atoms with E-state index in [-0.39, 0.29) is 6.61 Å². The topological polar surface area (TPSA) is 183 Å². The quantitative estimate of drug-likeness (QED) is 0.235. The van der Waals surface area contributed by atoms with E-state index in [1.54, 1.807) is 30.3 Å². The van der Waals surface area contributed by atoms with Crippen LogP contribution in [0.15, 0.2) is 30.3 Å². The second-order valence-corrected chi connectivity index (χ2v) is 5.61. The van der Waals surface area contributed by atoms with Crippen molar-refractivity contribution in [1.29, 1.82) is 0 Å². The summed E-state index contributed by atoms with van der Waals surface area (Å²) in [6, 6.07) is 7.47. The molecule has 0 fully saturated rings. The number of hydrogen-bond donors (Lipinski definition) is 6. The first kappa shape index (κ1) is 23.4. The Balaban J connectivity index is 2.31. The molecule has 0 spiro atoms. The van der Waals surface area contributed by atoms with Crippen LogP contribution in [0.3, 0.4) is 0 Å². The van der Waals surface area contributed by atoms with Crippen LogP contribution < -0.4 is 21.3 Å². The third kappa shape index (κ3) is 10.3. The van der Waals surface area contributed by atoms with Crippen molar-refractivity contribution in [2.45, 2.75) is 12.6 Å². The van der Waals surface area contributed by atoms with E-state index >= 15 is 0 Å². The van der Waals surface area contributed by atoms with Crippen molar-refractivity contribution in [2.75, 3.05) is 26.2 Å². The highest BCUT2D eigenvalue weighted by atomic mass is 16.5. The minimum atomic E-state index is -1.34. The molecule has 12 nitrogen and oxygen atoms in total. The summed E-state index contributed by atoms with van der Waals surface area (Å²) in [6.45, 7) is -2.35. The number of hydrogen-bond acceptors (Lipinski definition) is 7. The number of rotatable bonds is 11. The second kappa shape index (κ2) is 12.7. The fourth-order valence-corrected chi connectivity index (χ4v) is 1.87. The Kier molecular flexibility index (Phi) is 10.2. The number of carbonyl (C=O) groups excluding carboxylic acids is 4. The molecule has 1 aromatic carbocycles. The molecule has 158 valence electrons. The Hall–Kier alpha value is -3.67. The summed E-state index contributed by atoms with van der Waals surface area (Å²) in [5, 5.41) is 26.2. The summed E-state index contributed by atoms with van der Waals surface area (Å²) in [5.74, 6) is -3.52. The smallest absolute Gasteiger partial charge is 0.408 e. The van der Waals surface area contributed by atoms with Gasteiger partial charge in [-0.1, -0.05) is 30.3 Å². The maximum atomic E-state index is 11.9. The number of aliphatic carboxylic acids is 1. The summed E-state index contributed by atoms with van der Waals surface area (Å²) in [5.41, 5.74) is 0.733. The largest absolute Gasteiger partial charge is 0.480 e. The van der Waals surface area contributed by atoms with Gasteiger partial charge in [0.25, 0.3) is 0 Å². The van der Waals surface area contributed by atoms with Crippen molar-refractivity contribution in [3.8, 4) is 0 Å². The van der Waals surface area contributed by atoms with E-state index in [0.717, 1.165) is 5.56 Å². The van der Waals surface area contributed by atoms with E-state index in [9.17, 15) is 29.1 Å². The fraction of sp³-hybridized carbons (Fsp3) is 0.353. The van der Waals surface area contributed by atoms with Gasteiger partial charge in [-0.15, -0.1) is 0 Å². The van der Waals surface area contributed by atoms with Gasteiger partial charge in [-0.05, 0) is 5.56 Å². The molecule has 0 aliphatic rings. The molecular weight excluding hydrogens is 388 g/mol. The molecule has 0 aromatic heterocycles. The van der Waals surface area contributed by atoms with Crippen molar-refractivity contribution >= 4 is 29.8 Å². The standard InChI is InChI=1S/C17H22N4O8/c22-9-12(21-17(28)29-10-11-4-2-1-3-5-11)16(27)20-7-14(24)18-6-13(23)19-8-15(25)26/h1-5,12,22H,6-10H2,(H,18,24)(H,19,23)(H,20,27)(H,21,28)(H,25,26)/t12-/m0/s1. The van der Waals surface area contributed by atoms with Crippen LogP contribution in [-0.4, -0.2) is 72.3 Å². The normalized spacial score (nSPS) is 10.9. The van der Waals surface area contributed by atoms with Crippen LogP contribution in [0, 0.1) is 0 Å². The van der Waals surface area contributed by atoms with E-state index in [2.05, 4.69) is 16.0 Å². The number of carbonyl (C=O) groups is 5. The number of alkyl carbamates (subject to hydrolysis) is 1. The average Bonchev–Trinajstić information content (AvgIpc) is 2.71. The van der Waals surface area contributed by atoms with Crippen LogP contribution in [0.1, 0.15) is 5.56 Å². The zero-order chi connectivity index (χ0) is 21.6. The van der Waals surface area contributed by atoms with Gasteiger partial charge in [0.1, 0.15) is 19.2 Å². The summed E-state index contributed by atoms with van der Waals surface area (Å²) in [7, 11) is 0. The first-order valence-corrected chi connectivity index (χ1v) is 8.42. The number of amides is 4. The molecule has 0 heterocycles. The highest BCUT2D eigenvalue weighted by molar-refractivity contribution is 5.91. The molecule has 1 atom stereocenters. The number of aliphatic hydroxyl groups is 1. The van der Waals surface area contributed by atoms with E-state index in [4.69, 9.17) is 9.84 Å². The molecule has 1 rings (SSSR count). The molecule has 0 bridgehead atoms. The summed E-state index contributed by atoms with van der Waals surface area (Å²) in [6.07, 6.45) is -0.928. The first-order valence-electron chi connectivity index (χ1n) is 8.42. The minimum Gasteiger partial charge on any atom is -0.480 e. The Morgan fingerprint density at radius 3 is 2.07 bits per heavy atom. The maximum Gasteiger partial charge on any atom is 0.408 e. The molecule has 0 radical (unpaired) electrons. The summed E-state index contributed by atoms with van der Waals surface area (Å²) < 4.78 is 4.93. The highest BCUT2D eigenvalue weighted by Crippen LogP contribution is 2.00. The van der Waals surface area contributed by atoms with Gasteiger partial charge in [-0.25, -0.2) is 4.79 Å². The number of carboxylic acid groups (broad SMARTS) is 1. The third-order valence-electron chi connectivity index (χ3n) is 3.31. The zero-order valence-electron chi connectivity index (χ0n) is 15.3. The van der Waals surface area contributed by atoms with E-state index < -0.39 is 62.1 Å². The molecule has 12 heteroatoms. The number of aliphatic hydroxyl groups excluding tert-OH is 1. The van der Waals surface area contributed by atoms with Crippen LogP contribution in [0.4, 0.5) is 4.79 Å². The lowest BCUT2D eigenvalue weighted by Crippen LogP contribution is -2.51. The Morgan fingerprint density at radius 2 is 1.48 bits per heavy atom. The first-order chi connectivity index (χ1) is 13.8. The molecule has 0 aliphatic carbocycles. The molecule has 4 amide bonds. The van der Waals surface area contributed by atoms with Crippen molar-refractivity contribution < 1.29 is 38.9 Å². The van der Waals surface area contributed by atoms with Gasteiger partial charge < -0.3 is 36.2 Å². The molecular formula is C17H22N4O8. The van der Waals surface area contributed by atoms with Gasteiger partial charge in [0, 0.05) is 0 Å². The second-order valence-electron chi connectivity index (χ2n) is 5.61. The van der Waals surface area contributed by atoms with Crippen molar-refractivity contribution in [2.24, 2.45) is 0 Å². The predicted octanol–water partition coefficient (Wildman–Crippen LogP) is -2.29. The van der Waals surface area contributed by atoms with Gasteiger partial charge in [-0.2, -0.15) is 0 Å². The monoisotopic (exact) mass is 410 g/mol. The molecule has 1 aromatic rings. The minimum absolute atomic E-state index is 0.0290. The van der Waals surface area contributed by atoms with E-state index in [0.29, 0.717) is 0 Å². The summed E-state index contributed by atoms with van der Waals surface area (Å²) in [4.78, 5) is 56.8. The lowest BCUT2D eigenvalue weighted by Gasteiger charge is -2.16. The van der Waals surface area contributed by atoms with Crippen LogP contribution in [0.2, 0.25) is 0 Å². The van der Waals surface area contributed by atoms with Crippen molar-refractivity contribution in [3.05, 3.63) is 35.9 Å². The van der Waals surface area contributed by atoms with Gasteiger partial charge in [0.15, 0.2) is 0 Å². The van der Waals surface area contributed by atoms with Crippen LogP contribution in [0.25, 0.3) is 0 Å². The molecule has 0 saturated carbocycles. The number of ether oxygens (including phenoxy) is 1. The van der Waals surface area contributed by atoms with Crippen LogP contribution in [0.5, 0.6) is 0 Å². The van der Waals surface area contributed by atoms with E-state index in [1.807, 2.05) is 5.32 Å². The van der Waals surface area contributed by atoms with Crippen LogP contribution >= 0.6 is 0 Å². The highest BCUT2D eigenvalue weighted by Gasteiger charge is 2.21. The lowest BCUT2D eigenvalue weighted by molar-refractivity contribution is -0.137. The predicted molar refractivity (Wildman–Crippen MR) is 97.3 cm³/mol. The lowest BCUT2D eigenvalue weighted by atomic mass is 10.2. The number of nitrogens with one attached hydrogen (secondary N) is 4. The number of benzene rings is 1. The van der Waals surface area contributed by atoms with Crippen molar-refractivity contribution in [1.82, 2.24) is 21.3 Å². The van der Waals surface area contributed by atoms with Gasteiger partial charge >= 0.3 is 12.1 Å². The molecule has 0 saturated heterocycles. The fourth-order valence-electron chi connectivity index (χ4n) is 1.87. The van der Waals surface area contributed by atoms with Crippen LogP contribution in [-0.2, 0) is 30.5 Å². The molecule has 6 N–H and O–H groups in total. The molecule has 29 heavy (non-hydrogen) atoms. The van der Waals surface area contributed by atoms with Gasteiger partial charge in [-0.3, -0.25) is 19.2 Å². The Morgan fingerprint density at radius 1 is 0.897 bits per heavy atom. The maximum absolute atomic E-state index is 11.9. The Labute approximate surface area is 165 Å². The third-order valence-corrected chi connectivity index (χ3v) is 3.31. The van der Waals surface area contributed by atoms with Gasteiger partial charge in [0.05, 0.1) is 19.7 Å². The van der Waals surface area contributed by atoms with Crippen molar-refractivity contribution in [3.63, 3.8) is 0 Å². The van der Waals surface area contributed by atoms with E-state index in [1.165, 1.54) is 0 Å². The molecule has 0 unspecified atom stereocenters. The number of carboxylic acids is 1.